The van der Waals surface area contributed by atoms with Crippen LogP contribution in [0.25, 0.3) is 0 Å². The first-order valence-electron chi connectivity index (χ1n) is 6.38. The lowest BCUT2D eigenvalue weighted by atomic mass is 10.3. The summed E-state index contributed by atoms with van der Waals surface area (Å²) in [6, 6.07) is 6.93. The summed E-state index contributed by atoms with van der Waals surface area (Å²) >= 11 is 6.10. The minimum atomic E-state index is -0.211. The van der Waals surface area contributed by atoms with Crippen molar-refractivity contribution in [2.75, 3.05) is 25.6 Å². The van der Waals surface area contributed by atoms with Gasteiger partial charge in [0, 0.05) is 19.5 Å². The smallest absolute Gasteiger partial charge is 0.246 e. The fourth-order valence-electron chi connectivity index (χ4n) is 1.71. The van der Waals surface area contributed by atoms with Crippen molar-refractivity contribution in [1.82, 2.24) is 9.78 Å². The van der Waals surface area contributed by atoms with Crippen LogP contribution in [0.2, 0.25) is 5.02 Å². The first-order chi connectivity index (χ1) is 10.2. The molecule has 0 spiro atoms. The first kappa shape index (κ1) is 15.3. The van der Waals surface area contributed by atoms with E-state index in [-0.39, 0.29) is 12.5 Å². The lowest BCUT2D eigenvalue weighted by molar-refractivity contribution is -0.116. The SMILES string of the molecule is COCCOc1c(Cl)cccc1NC(=O)Cn1cccn1. The molecule has 0 atom stereocenters. The second-order valence-electron chi connectivity index (χ2n) is 4.21. The zero-order chi connectivity index (χ0) is 15.1. The zero-order valence-corrected chi connectivity index (χ0v) is 12.3. The zero-order valence-electron chi connectivity index (χ0n) is 11.6. The van der Waals surface area contributed by atoms with Crippen molar-refractivity contribution in [3.63, 3.8) is 0 Å². The molecule has 0 aliphatic heterocycles. The molecule has 0 saturated heterocycles. The third kappa shape index (κ3) is 4.47. The van der Waals surface area contributed by atoms with Gasteiger partial charge in [0.15, 0.2) is 5.75 Å². The molecule has 0 saturated carbocycles. The van der Waals surface area contributed by atoms with Crippen molar-refractivity contribution >= 4 is 23.2 Å². The lowest BCUT2D eigenvalue weighted by Crippen LogP contribution is -2.19. The molecule has 0 aliphatic rings. The van der Waals surface area contributed by atoms with Gasteiger partial charge in [-0.25, -0.2) is 0 Å². The minimum Gasteiger partial charge on any atom is -0.487 e. The van der Waals surface area contributed by atoms with Gasteiger partial charge in [-0.15, -0.1) is 0 Å². The van der Waals surface area contributed by atoms with Crippen molar-refractivity contribution in [3.05, 3.63) is 41.7 Å². The summed E-state index contributed by atoms with van der Waals surface area (Å²) in [6.07, 6.45) is 3.33. The van der Waals surface area contributed by atoms with Gasteiger partial charge in [-0.05, 0) is 18.2 Å². The summed E-state index contributed by atoms with van der Waals surface area (Å²) in [6.45, 7) is 0.908. The fourth-order valence-corrected chi connectivity index (χ4v) is 1.94. The van der Waals surface area contributed by atoms with E-state index in [1.807, 2.05) is 0 Å². The van der Waals surface area contributed by atoms with E-state index in [2.05, 4.69) is 10.4 Å². The number of ether oxygens (including phenoxy) is 2. The predicted molar refractivity (Wildman–Crippen MR) is 79.7 cm³/mol. The number of anilines is 1. The molecule has 0 aliphatic carbocycles. The molecule has 2 rings (SSSR count). The van der Waals surface area contributed by atoms with Crippen LogP contribution in [0.5, 0.6) is 5.75 Å². The number of halogens is 1. The third-order valence-corrected chi connectivity index (χ3v) is 2.94. The summed E-state index contributed by atoms with van der Waals surface area (Å²) < 4.78 is 12.0. The number of benzene rings is 1. The van der Waals surface area contributed by atoms with Crippen molar-refractivity contribution in [1.29, 1.82) is 0 Å². The van der Waals surface area contributed by atoms with Crippen LogP contribution in [-0.2, 0) is 16.1 Å². The van der Waals surface area contributed by atoms with Gasteiger partial charge < -0.3 is 14.8 Å². The van der Waals surface area contributed by atoms with Crippen LogP contribution < -0.4 is 10.1 Å². The second kappa shape index (κ2) is 7.66. The number of para-hydroxylation sites is 1. The van der Waals surface area contributed by atoms with E-state index in [0.29, 0.717) is 29.7 Å². The Morgan fingerprint density at radius 3 is 2.95 bits per heavy atom. The monoisotopic (exact) mass is 309 g/mol. The van der Waals surface area contributed by atoms with Gasteiger partial charge in [0.2, 0.25) is 5.91 Å². The molecule has 0 unspecified atom stereocenters. The highest BCUT2D eigenvalue weighted by Gasteiger charge is 2.12. The van der Waals surface area contributed by atoms with Crippen molar-refractivity contribution < 1.29 is 14.3 Å². The van der Waals surface area contributed by atoms with Gasteiger partial charge in [0.25, 0.3) is 0 Å². The topological polar surface area (TPSA) is 65.4 Å². The van der Waals surface area contributed by atoms with Crippen LogP contribution in [0.3, 0.4) is 0 Å². The van der Waals surface area contributed by atoms with E-state index in [4.69, 9.17) is 21.1 Å². The molecule has 0 radical (unpaired) electrons. The van der Waals surface area contributed by atoms with Crippen LogP contribution >= 0.6 is 11.6 Å². The van der Waals surface area contributed by atoms with Crippen LogP contribution in [0.4, 0.5) is 5.69 Å². The number of carbonyl (C=O) groups excluding carboxylic acids is 1. The number of methoxy groups -OCH3 is 1. The Kier molecular flexibility index (Phi) is 5.59. The summed E-state index contributed by atoms with van der Waals surface area (Å²) in [5.74, 6) is 0.225. The van der Waals surface area contributed by atoms with Gasteiger partial charge in [-0.3, -0.25) is 9.48 Å². The number of aromatic nitrogens is 2. The van der Waals surface area contributed by atoms with Crippen molar-refractivity contribution in [2.24, 2.45) is 0 Å². The maximum Gasteiger partial charge on any atom is 0.246 e. The molecule has 1 amide bonds. The number of amides is 1. The Morgan fingerprint density at radius 1 is 1.38 bits per heavy atom. The number of hydrogen-bond donors (Lipinski definition) is 1. The molecule has 1 aromatic heterocycles. The van der Waals surface area contributed by atoms with E-state index in [9.17, 15) is 4.79 Å². The molecular weight excluding hydrogens is 294 g/mol. The number of nitrogens with one attached hydrogen (secondary N) is 1. The Bertz CT molecular complexity index is 587. The molecule has 2 aromatic rings. The molecule has 1 aromatic carbocycles. The first-order valence-corrected chi connectivity index (χ1v) is 6.76. The largest absolute Gasteiger partial charge is 0.487 e. The van der Waals surface area contributed by atoms with Gasteiger partial charge in [-0.1, -0.05) is 17.7 Å². The van der Waals surface area contributed by atoms with Crippen LogP contribution in [-0.4, -0.2) is 36.0 Å². The molecule has 112 valence electrons. The van der Waals surface area contributed by atoms with Gasteiger partial charge in [0.05, 0.1) is 17.3 Å². The van der Waals surface area contributed by atoms with E-state index >= 15 is 0 Å². The number of hydrogen-bond acceptors (Lipinski definition) is 4. The van der Waals surface area contributed by atoms with E-state index < -0.39 is 0 Å². The maximum atomic E-state index is 12.0. The van der Waals surface area contributed by atoms with E-state index in [1.54, 1.807) is 43.8 Å². The molecular formula is C14H16ClN3O3. The lowest BCUT2D eigenvalue weighted by Gasteiger charge is -2.13. The van der Waals surface area contributed by atoms with Gasteiger partial charge in [0.1, 0.15) is 13.2 Å². The molecule has 0 bridgehead atoms. The summed E-state index contributed by atoms with van der Waals surface area (Å²) in [5.41, 5.74) is 0.524. The van der Waals surface area contributed by atoms with Crippen LogP contribution in [0.1, 0.15) is 0 Å². The van der Waals surface area contributed by atoms with Crippen LogP contribution in [0.15, 0.2) is 36.7 Å². The normalized spacial score (nSPS) is 10.4. The molecule has 7 heteroatoms. The predicted octanol–water partition coefficient (Wildman–Crippen LogP) is 2.20. The Balaban J connectivity index is 2.04. The molecule has 1 heterocycles. The average Bonchev–Trinajstić information content (AvgIpc) is 2.94. The summed E-state index contributed by atoms with van der Waals surface area (Å²) in [5, 5.41) is 7.18. The molecule has 0 fully saturated rings. The minimum absolute atomic E-state index is 0.122. The highest BCUT2D eigenvalue weighted by molar-refractivity contribution is 6.32. The quantitative estimate of drug-likeness (QED) is 0.796. The van der Waals surface area contributed by atoms with Crippen molar-refractivity contribution in [2.45, 2.75) is 6.54 Å². The summed E-state index contributed by atoms with van der Waals surface area (Å²) in [4.78, 5) is 12.0. The van der Waals surface area contributed by atoms with Gasteiger partial charge >= 0.3 is 0 Å². The van der Waals surface area contributed by atoms with E-state index in [1.165, 1.54) is 4.68 Å². The molecule has 21 heavy (non-hydrogen) atoms. The van der Waals surface area contributed by atoms with Crippen molar-refractivity contribution in [3.8, 4) is 5.75 Å². The second-order valence-corrected chi connectivity index (χ2v) is 4.62. The highest BCUT2D eigenvalue weighted by Crippen LogP contribution is 2.32. The molecule has 1 N–H and O–H groups in total. The number of carbonyl (C=O) groups is 1. The Hall–Kier alpha value is -2.05. The highest BCUT2D eigenvalue weighted by atomic mass is 35.5. The number of rotatable bonds is 7. The third-order valence-electron chi connectivity index (χ3n) is 2.64. The average molecular weight is 310 g/mol. The fraction of sp³-hybridized carbons (Fsp3) is 0.286. The summed E-state index contributed by atoms with van der Waals surface area (Å²) in [7, 11) is 1.59. The number of nitrogens with zero attached hydrogens (tertiary/aromatic N) is 2. The maximum absolute atomic E-state index is 12.0. The van der Waals surface area contributed by atoms with Crippen LogP contribution in [0, 0.1) is 0 Å². The Morgan fingerprint density at radius 2 is 2.24 bits per heavy atom. The Labute approximate surface area is 127 Å². The van der Waals surface area contributed by atoms with Gasteiger partial charge in [-0.2, -0.15) is 5.10 Å². The standard InChI is InChI=1S/C14H16ClN3O3/c1-20-8-9-21-14-11(15)4-2-5-12(14)17-13(19)10-18-7-3-6-16-18/h2-7H,8-10H2,1H3,(H,17,19). The molecule has 6 nitrogen and oxygen atoms in total. The van der Waals surface area contributed by atoms with E-state index in [0.717, 1.165) is 0 Å².